The van der Waals surface area contributed by atoms with E-state index in [9.17, 15) is 18.9 Å². The lowest BCUT2D eigenvalue weighted by Crippen LogP contribution is -2.09. The van der Waals surface area contributed by atoms with Gasteiger partial charge in [0.1, 0.15) is 5.69 Å². The third-order valence-corrected chi connectivity index (χ3v) is 2.27. The van der Waals surface area contributed by atoms with Crippen LogP contribution in [0.2, 0.25) is 0 Å². The highest BCUT2D eigenvalue weighted by atomic mass is 32.2. The van der Waals surface area contributed by atoms with Crippen molar-refractivity contribution in [2.45, 2.75) is 5.75 Å². The topological polar surface area (TPSA) is 121 Å². The smallest absolute Gasteiger partial charge is 0.293 e. The highest BCUT2D eigenvalue weighted by Gasteiger charge is 2.13. The van der Waals surface area contributed by atoms with Crippen LogP contribution in [0.4, 0.5) is 11.4 Å². The molecular weight excluding hydrogens is 222 g/mol. The van der Waals surface area contributed by atoms with Crippen molar-refractivity contribution >= 4 is 22.5 Å². The number of anilines is 1. The first-order chi connectivity index (χ1) is 7.04. The molecule has 0 aliphatic rings. The van der Waals surface area contributed by atoms with E-state index in [1.54, 1.807) is 0 Å². The number of nitrogens with one attached hydrogen (secondary N) is 1. The zero-order chi connectivity index (χ0) is 11.4. The fraction of sp³-hybridized carbons (Fsp3) is 0.143. The van der Waals surface area contributed by atoms with Crippen LogP contribution in [-0.4, -0.2) is 13.7 Å². The van der Waals surface area contributed by atoms with Gasteiger partial charge in [-0.15, -0.1) is 0 Å². The summed E-state index contributed by atoms with van der Waals surface area (Å²) in [4.78, 5) is 9.94. The largest absolute Gasteiger partial charge is 0.772 e. The van der Waals surface area contributed by atoms with Crippen LogP contribution in [-0.2, 0) is 16.8 Å². The first-order valence-electron chi connectivity index (χ1n) is 3.84. The van der Waals surface area contributed by atoms with Crippen molar-refractivity contribution in [2.24, 2.45) is 5.84 Å². The molecule has 1 unspecified atom stereocenters. The fourth-order valence-electron chi connectivity index (χ4n) is 1.08. The maximum atomic E-state index is 10.6. The number of nitrogens with two attached hydrogens (primary N) is 1. The molecule has 0 saturated heterocycles. The summed E-state index contributed by atoms with van der Waals surface area (Å²) >= 11 is -2.27. The van der Waals surface area contributed by atoms with Gasteiger partial charge in [-0.2, -0.15) is 0 Å². The maximum absolute atomic E-state index is 10.6. The average Bonchev–Trinajstić information content (AvgIpc) is 2.16. The molecule has 1 aromatic carbocycles. The monoisotopic (exact) mass is 230 g/mol. The summed E-state index contributed by atoms with van der Waals surface area (Å²) in [6.07, 6.45) is 0. The minimum Gasteiger partial charge on any atom is -0.772 e. The van der Waals surface area contributed by atoms with Gasteiger partial charge in [0.25, 0.3) is 5.69 Å². The van der Waals surface area contributed by atoms with E-state index in [0.717, 1.165) is 0 Å². The van der Waals surface area contributed by atoms with Crippen molar-refractivity contribution in [3.8, 4) is 0 Å². The Morgan fingerprint density at radius 1 is 1.53 bits per heavy atom. The number of nitrogens with zero attached hydrogens (tertiary/aromatic N) is 1. The van der Waals surface area contributed by atoms with Crippen molar-refractivity contribution in [1.82, 2.24) is 0 Å². The van der Waals surface area contributed by atoms with E-state index in [1.165, 1.54) is 18.2 Å². The minimum absolute atomic E-state index is 0.139. The molecule has 15 heavy (non-hydrogen) atoms. The molecule has 0 aliphatic carbocycles. The van der Waals surface area contributed by atoms with Gasteiger partial charge in [0.15, 0.2) is 0 Å². The third-order valence-electron chi connectivity index (χ3n) is 1.70. The molecule has 3 N–H and O–H groups in total. The van der Waals surface area contributed by atoms with Crippen LogP contribution in [0.1, 0.15) is 5.56 Å². The summed E-state index contributed by atoms with van der Waals surface area (Å²) < 4.78 is 20.8. The molecular formula is C7H8N3O4S-. The second kappa shape index (κ2) is 4.82. The minimum atomic E-state index is -2.27. The lowest BCUT2D eigenvalue weighted by Gasteiger charge is -2.06. The van der Waals surface area contributed by atoms with Crippen LogP contribution in [0.5, 0.6) is 0 Å². The van der Waals surface area contributed by atoms with Gasteiger partial charge in [0.2, 0.25) is 0 Å². The number of nitrogen functional groups attached to an aromatic ring is 1. The van der Waals surface area contributed by atoms with Crippen molar-refractivity contribution in [2.75, 3.05) is 5.43 Å². The molecule has 0 saturated carbocycles. The lowest BCUT2D eigenvalue weighted by atomic mass is 10.2. The van der Waals surface area contributed by atoms with Crippen LogP contribution >= 0.6 is 0 Å². The molecule has 1 aromatic rings. The number of hydrogen-bond acceptors (Lipinski definition) is 6. The van der Waals surface area contributed by atoms with E-state index in [1.807, 2.05) is 0 Å². The molecule has 0 amide bonds. The summed E-state index contributed by atoms with van der Waals surface area (Å²) in [7, 11) is 0. The van der Waals surface area contributed by atoms with E-state index in [-0.39, 0.29) is 17.1 Å². The summed E-state index contributed by atoms with van der Waals surface area (Å²) in [6, 6.07) is 3.99. The number of rotatable bonds is 4. The van der Waals surface area contributed by atoms with E-state index < -0.39 is 16.0 Å². The van der Waals surface area contributed by atoms with Crippen LogP contribution < -0.4 is 11.3 Å². The standard InChI is InChI=1S/C7H9N3O4S/c8-9-6-2-1-5(4-15(13)14)3-7(6)10(11)12/h1-3,9H,4,8H2,(H,13,14)/p-1. The second-order valence-corrected chi connectivity index (χ2v) is 3.60. The van der Waals surface area contributed by atoms with Crippen molar-refractivity contribution < 1.29 is 13.7 Å². The van der Waals surface area contributed by atoms with Crippen molar-refractivity contribution in [3.63, 3.8) is 0 Å². The quantitative estimate of drug-likeness (QED) is 0.331. The highest BCUT2D eigenvalue weighted by Crippen LogP contribution is 2.24. The summed E-state index contributed by atoms with van der Waals surface area (Å²) in [6.45, 7) is 0. The molecule has 0 radical (unpaired) electrons. The van der Waals surface area contributed by atoms with Gasteiger partial charge in [-0.3, -0.25) is 20.2 Å². The van der Waals surface area contributed by atoms with E-state index in [0.29, 0.717) is 5.56 Å². The predicted octanol–water partition coefficient (Wildman–Crippen LogP) is 0.260. The predicted molar refractivity (Wildman–Crippen MR) is 53.5 cm³/mol. The van der Waals surface area contributed by atoms with E-state index in [4.69, 9.17) is 5.84 Å². The van der Waals surface area contributed by atoms with E-state index >= 15 is 0 Å². The first-order valence-corrected chi connectivity index (χ1v) is 5.09. The normalized spacial score (nSPS) is 12.1. The van der Waals surface area contributed by atoms with Gasteiger partial charge in [0, 0.05) is 11.8 Å². The van der Waals surface area contributed by atoms with Crippen molar-refractivity contribution in [3.05, 3.63) is 33.9 Å². The van der Waals surface area contributed by atoms with Gasteiger partial charge >= 0.3 is 0 Å². The molecule has 0 aliphatic heterocycles. The maximum Gasteiger partial charge on any atom is 0.293 e. The van der Waals surface area contributed by atoms with Gasteiger partial charge in [0.05, 0.1) is 4.92 Å². The Bertz CT molecular complexity index is 409. The van der Waals surface area contributed by atoms with E-state index in [2.05, 4.69) is 5.43 Å². The third kappa shape index (κ3) is 2.98. The summed E-state index contributed by atoms with van der Waals surface area (Å²) in [5.41, 5.74) is 2.39. The number of hydrogen-bond donors (Lipinski definition) is 2. The molecule has 0 spiro atoms. The van der Waals surface area contributed by atoms with Gasteiger partial charge in [-0.25, -0.2) is 0 Å². The van der Waals surface area contributed by atoms with Crippen LogP contribution in [0.25, 0.3) is 0 Å². The Morgan fingerprint density at radius 3 is 2.67 bits per heavy atom. The highest BCUT2D eigenvalue weighted by molar-refractivity contribution is 7.78. The van der Waals surface area contributed by atoms with Crippen LogP contribution in [0, 0.1) is 10.1 Å². The SMILES string of the molecule is NNc1ccc(CS(=O)[O-])cc1[N+](=O)[O-]. The van der Waals surface area contributed by atoms with Gasteiger partial charge in [-0.05, 0) is 11.6 Å². The molecule has 0 heterocycles. The molecule has 0 fully saturated rings. The Kier molecular flexibility index (Phi) is 3.72. The number of nitro benzene ring substituents is 1. The van der Waals surface area contributed by atoms with Gasteiger partial charge in [-0.1, -0.05) is 17.1 Å². The second-order valence-electron chi connectivity index (χ2n) is 2.70. The lowest BCUT2D eigenvalue weighted by molar-refractivity contribution is -0.384. The molecule has 1 atom stereocenters. The van der Waals surface area contributed by atoms with Crippen molar-refractivity contribution in [1.29, 1.82) is 0 Å². The summed E-state index contributed by atoms with van der Waals surface area (Å²) in [5.74, 6) is 4.81. The number of benzene rings is 1. The molecule has 0 aromatic heterocycles. The summed E-state index contributed by atoms with van der Waals surface area (Å²) in [5, 5.41) is 10.6. The molecule has 7 nitrogen and oxygen atoms in total. The van der Waals surface area contributed by atoms with Crippen LogP contribution in [0.3, 0.4) is 0 Å². The average molecular weight is 230 g/mol. The Hall–Kier alpha value is -1.51. The molecule has 1 rings (SSSR count). The van der Waals surface area contributed by atoms with Gasteiger partial charge < -0.3 is 9.98 Å². The molecule has 8 heteroatoms. The number of hydrazine groups is 1. The molecule has 82 valence electrons. The van der Waals surface area contributed by atoms with Crippen LogP contribution in [0.15, 0.2) is 18.2 Å². The fourth-order valence-corrected chi connectivity index (χ4v) is 1.53. The first kappa shape index (κ1) is 11.6. The zero-order valence-electron chi connectivity index (χ0n) is 7.50. The Morgan fingerprint density at radius 2 is 2.20 bits per heavy atom. The Labute approximate surface area is 87.7 Å². The Balaban J connectivity index is 3.10. The molecule has 0 bridgehead atoms. The zero-order valence-corrected chi connectivity index (χ0v) is 8.32. The number of nitro groups is 1.